The van der Waals surface area contributed by atoms with Crippen molar-refractivity contribution in [3.05, 3.63) is 0 Å². The lowest BCUT2D eigenvalue weighted by molar-refractivity contribution is -0.140. The van der Waals surface area contributed by atoms with Crippen LogP contribution in [0.3, 0.4) is 0 Å². The normalized spacial score (nSPS) is 38.8. The molecule has 0 aromatic carbocycles. The highest BCUT2D eigenvalue weighted by Crippen LogP contribution is 2.56. The Hall–Kier alpha value is -0.490. The first-order valence-corrected chi connectivity index (χ1v) is 5.16. The maximum Gasteiger partial charge on any atom is 0.328 e. The summed E-state index contributed by atoms with van der Waals surface area (Å²) < 4.78 is 23.7. The van der Waals surface area contributed by atoms with E-state index in [2.05, 4.69) is 0 Å². The van der Waals surface area contributed by atoms with Crippen LogP contribution in [-0.4, -0.2) is 38.2 Å². The van der Waals surface area contributed by atoms with Gasteiger partial charge in [-0.25, -0.2) is 4.39 Å². The summed E-state index contributed by atoms with van der Waals surface area (Å²) in [7, 11) is -4.56. The number of rotatable bonds is 3. The van der Waals surface area contributed by atoms with E-state index in [1.165, 1.54) is 0 Å². The Balaban J connectivity index is 2.76. The molecule has 1 rings (SSSR count). The fourth-order valence-electron chi connectivity index (χ4n) is 1.19. The third-order valence-corrected chi connectivity index (χ3v) is 2.98. The van der Waals surface area contributed by atoms with Gasteiger partial charge in [0.1, 0.15) is 0 Å². The van der Waals surface area contributed by atoms with Crippen molar-refractivity contribution in [1.29, 1.82) is 0 Å². The summed E-state index contributed by atoms with van der Waals surface area (Å²) in [5.41, 5.74) is 0.452. The zero-order valence-electron chi connectivity index (χ0n) is 6.47. The van der Waals surface area contributed by atoms with Crippen LogP contribution < -0.4 is 5.73 Å². The van der Waals surface area contributed by atoms with Crippen LogP contribution in [0.25, 0.3) is 0 Å². The maximum absolute atomic E-state index is 13.3. The van der Waals surface area contributed by atoms with E-state index >= 15 is 0 Å². The quantitative estimate of drug-likeness (QED) is 0.449. The van der Waals surface area contributed by atoms with E-state index in [0.717, 1.165) is 0 Å². The first kappa shape index (κ1) is 10.6. The second-order valence-corrected chi connectivity index (χ2v) is 4.89. The molecule has 1 aliphatic rings. The molecular weight excluding hydrogens is 204 g/mol. The van der Waals surface area contributed by atoms with Gasteiger partial charge in [0.05, 0.1) is 6.16 Å². The molecular formula is C5H9FNO5P. The smallest absolute Gasteiger partial charge is 0.328 e. The van der Waals surface area contributed by atoms with Gasteiger partial charge in [-0.2, -0.15) is 0 Å². The van der Waals surface area contributed by atoms with E-state index in [0.29, 0.717) is 0 Å². The van der Waals surface area contributed by atoms with Gasteiger partial charge in [0.25, 0.3) is 0 Å². The van der Waals surface area contributed by atoms with Crippen LogP contribution >= 0.6 is 7.60 Å². The van der Waals surface area contributed by atoms with Crippen LogP contribution in [0.4, 0.5) is 4.39 Å². The van der Waals surface area contributed by atoms with E-state index in [1.54, 1.807) is 0 Å². The predicted octanol–water partition coefficient (Wildman–Crippen LogP) is -0.942. The zero-order chi connectivity index (χ0) is 10.5. The number of carbonyl (C=O) groups is 1. The van der Waals surface area contributed by atoms with E-state index in [9.17, 15) is 13.8 Å². The average Bonchev–Trinajstić information content (AvgIpc) is 2.30. The topological polar surface area (TPSA) is 121 Å². The van der Waals surface area contributed by atoms with Gasteiger partial charge in [-0.3, -0.25) is 9.36 Å². The van der Waals surface area contributed by atoms with Gasteiger partial charge >= 0.3 is 13.6 Å². The lowest BCUT2D eigenvalue weighted by Gasteiger charge is -2.11. The van der Waals surface area contributed by atoms with Gasteiger partial charge in [-0.05, 0) is 0 Å². The van der Waals surface area contributed by atoms with E-state index in [-0.39, 0.29) is 0 Å². The highest BCUT2D eigenvalue weighted by atomic mass is 31.2. The molecule has 0 bridgehead atoms. The molecule has 2 atom stereocenters. The number of hydrogen-bond acceptors (Lipinski definition) is 3. The number of carboxylic acids is 1. The van der Waals surface area contributed by atoms with Crippen molar-refractivity contribution in [1.82, 2.24) is 0 Å². The van der Waals surface area contributed by atoms with Crippen LogP contribution in [0.1, 0.15) is 6.42 Å². The van der Waals surface area contributed by atoms with Crippen LogP contribution in [-0.2, 0) is 9.36 Å². The molecule has 0 aliphatic heterocycles. The Bertz CT molecular complexity index is 303. The minimum Gasteiger partial charge on any atom is -0.480 e. The van der Waals surface area contributed by atoms with E-state index in [4.69, 9.17) is 20.6 Å². The Kier molecular flexibility index (Phi) is 2.04. The molecule has 0 aromatic rings. The van der Waals surface area contributed by atoms with Crippen molar-refractivity contribution in [2.45, 2.75) is 17.6 Å². The molecule has 0 heterocycles. The molecule has 5 N–H and O–H groups in total. The van der Waals surface area contributed by atoms with Crippen LogP contribution in [0.2, 0.25) is 0 Å². The first-order chi connectivity index (χ1) is 5.61. The Morgan fingerprint density at radius 2 is 2.08 bits per heavy atom. The van der Waals surface area contributed by atoms with Crippen LogP contribution in [0.5, 0.6) is 0 Å². The largest absolute Gasteiger partial charge is 0.480 e. The number of carboxylic acid groups (broad SMARTS) is 1. The fraction of sp³-hybridized carbons (Fsp3) is 0.800. The monoisotopic (exact) mass is 213 g/mol. The summed E-state index contributed by atoms with van der Waals surface area (Å²) in [5, 5.41) is 8.43. The second kappa shape index (κ2) is 2.51. The number of nitrogens with two attached hydrogens (primary N) is 1. The first-order valence-electron chi connectivity index (χ1n) is 3.36. The molecule has 13 heavy (non-hydrogen) atoms. The summed E-state index contributed by atoms with van der Waals surface area (Å²) in [6, 6.07) is 0. The van der Waals surface area contributed by atoms with E-state index in [1.807, 2.05) is 0 Å². The predicted molar refractivity (Wildman–Crippen MR) is 39.9 cm³/mol. The van der Waals surface area contributed by atoms with Crippen molar-refractivity contribution in [2.24, 2.45) is 5.73 Å². The maximum atomic E-state index is 13.3. The highest BCUT2D eigenvalue weighted by Gasteiger charge is 2.74. The molecule has 0 aromatic heterocycles. The minimum atomic E-state index is -4.56. The molecule has 0 amide bonds. The molecule has 0 saturated heterocycles. The summed E-state index contributed by atoms with van der Waals surface area (Å²) in [6.45, 7) is 0. The van der Waals surface area contributed by atoms with Gasteiger partial charge in [-0.15, -0.1) is 0 Å². The number of alkyl halides is 1. The van der Waals surface area contributed by atoms with Crippen molar-refractivity contribution < 1.29 is 28.6 Å². The Morgan fingerprint density at radius 1 is 1.62 bits per heavy atom. The van der Waals surface area contributed by atoms with Crippen molar-refractivity contribution in [3.8, 4) is 0 Å². The zero-order valence-corrected chi connectivity index (χ0v) is 7.37. The van der Waals surface area contributed by atoms with Gasteiger partial charge in [0.2, 0.25) is 0 Å². The number of hydrogen-bond donors (Lipinski definition) is 4. The van der Waals surface area contributed by atoms with Gasteiger partial charge in [-0.1, -0.05) is 0 Å². The molecule has 6 nitrogen and oxygen atoms in total. The molecule has 1 saturated carbocycles. The molecule has 8 heteroatoms. The third kappa shape index (κ3) is 1.73. The number of halogens is 1. The lowest BCUT2D eigenvalue weighted by atomic mass is 10.2. The summed E-state index contributed by atoms with van der Waals surface area (Å²) in [4.78, 5) is 27.2. The summed E-state index contributed by atoms with van der Waals surface area (Å²) in [5.74, 6) is -1.58. The molecule has 0 spiro atoms. The molecule has 0 radical (unpaired) electrons. The fourth-order valence-corrected chi connectivity index (χ4v) is 2.24. The van der Waals surface area contributed by atoms with E-state index < -0.39 is 37.4 Å². The standard InChI is InChI=1S/C5H9FNO5P/c6-4(2-13(10,11)12)1-5(4,7)3(8)9/h1-2,7H2,(H,8,9)(H2,10,11,12)/t4?,5-/m0/s1. The lowest BCUT2D eigenvalue weighted by Crippen LogP contribution is -2.42. The molecule has 76 valence electrons. The third-order valence-electron chi connectivity index (χ3n) is 2.07. The second-order valence-electron chi connectivity index (χ2n) is 3.24. The van der Waals surface area contributed by atoms with Gasteiger partial charge in [0.15, 0.2) is 11.2 Å². The van der Waals surface area contributed by atoms with Crippen molar-refractivity contribution in [3.63, 3.8) is 0 Å². The summed E-state index contributed by atoms with van der Waals surface area (Å²) >= 11 is 0. The molecule has 1 fully saturated rings. The van der Waals surface area contributed by atoms with Gasteiger partial charge in [0, 0.05) is 6.42 Å². The van der Waals surface area contributed by atoms with Crippen molar-refractivity contribution >= 4 is 13.6 Å². The Morgan fingerprint density at radius 3 is 2.31 bits per heavy atom. The van der Waals surface area contributed by atoms with Crippen LogP contribution in [0, 0.1) is 0 Å². The van der Waals surface area contributed by atoms with Crippen LogP contribution in [0.15, 0.2) is 0 Å². The average molecular weight is 213 g/mol. The number of aliphatic carboxylic acids is 1. The summed E-state index contributed by atoms with van der Waals surface area (Å²) in [6.07, 6.45) is -1.69. The molecule has 1 aliphatic carbocycles. The van der Waals surface area contributed by atoms with Gasteiger partial charge < -0.3 is 20.6 Å². The Labute approximate surface area is 72.7 Å². The molecule has 1 unspecified atom stereocenters. The minimum absolute atomic E-state index is 0.555. The SMILES string of the molecule is N[C@]1(C(=O)O)CC1(F)CP(=O)(O)O. The van der Waals surface area contributed by atoms with Crippen molar-refractivity contribution in [2.75, 3.05) is 6.16 Å². The highest BCUT2D eigenvalue weighted by molar-refractivity contribution is 7.51.